The molecule has 1 aromatic rings. The lowest BCUT2D eigenvalue weighted by atomic mass is 9.52. The molecule has 27 heavy (non-hydrogen) atoms. The van der Waals surface area contributed by atoms with Gasteiger partial charge in [0.15, 0.2) is 11.5 Å². The highest BCUT2D eigenvalue weighted by Crippen LogP contribution is 2.60. The van der Waals surface area contributed by atoms with Crippen LogP contribution in [0.4, 0.5) is 0 Å². The zero-order valence-corrected chi connectivity index (χ0v) is 16.1. The first-order valence-corrected chi connectivity index (χ1v) is 10.2. The number of amides is 1. The molecule has 4 fully saturated rings. The number of nitrogens with zero attached hydrogens (tertiary/aromatic N) is 1. The smallest absolute Gasteiger partial charge is 0.290 e. The maximum absolute atomic E-state index is 13.3. The average Bonchev–Trinajstić information content (AvgIpc) is 2.86. The number of aliphatic hydroxyl groups is 1. The summed E-state index contributed by atoms with van der Waals surface area (Å²) in [5, 5.41) is 10.7. The van der Waals surface area contributed by atoms with Crippen molar-refractivity contribution in [3.05, 3.63) is 46.7 Å². The van der Waals surface area contributed by atoms with Gasteiger partial charge >= 0.3 is 0 Å². The third kappa shape index (κ3) is 2.41. The molecule has 142 valence electrons. The van der Waals surface area contributed by atoms with Gasteiger partial charge in [-0.05, 0) is 75.7 Å². The molecule has 6 rings (SSSR count). The van der Waals surface area contributed by atoms with Crippen LogP contribution >= 0.6 is 0 Å². The fourth-order valence-corrected chi connectivity index (χ4v) is 6.88. The Morgan fingerprint density at radius 3 is 2.04 bits per heavy atom. The molecule has 0 radical (unpaired) electrons. The molecule has 4 heteroatoms. The largest absolute Gasteiger partial charge is 0.503 e. The SMILES string of the molecule is CC(=O)C1=C(O)C(=O)N(C23CC4CC(CC(C4)C2)C3)[C@@H]1c1ccc(C)cc1. The van der Waals surface area contributed by atoms with Gasteiger partial charge in [0.1, 0.15) is 0 Å². The monoisotopic (exact) mass is 365 g/mol. The maximum atomic E-state index is 13.3. The lowest BCUT2D eigenvalue weighted by Gasteiger charge is -2.60. The standard InChI is InChI=1S/C23H27NO3/c1-13-3-5-18(6-4-13)20-19(14(2)25)21(26)22(27)24(20)23-10-15-7-16(11-23)9-17(8-15)12-23/h3-6,15-17,20,26H,7-12H2,1-2H3/t15?,16?,17?,20-,23?/m1/s1. The Bertz CT molecular complexity index is 816. The topological polar surface area (TPSA) is 57.6 Å². The van der Waals surface area contributed by atoms with Gasteiger partial charge in [0.25, 0.3) is 5.91 Å². The number of carbonyl (C=O) groups excluding carboxylic acids is 2. The van der Waals surface area contributed by atoms with E-state index in [4.69, 9.17) is 0 Å². The van der Waals surface area contributed by atoms with Gasteiger partial charge in [-0.3, -0.25) is 9.59 Å². The van der Waals surface area contributed by atoms with E-state index < -0.39 is 6.04 Å². The van der Waals surface area contributed by atoms with E-state index in [9.17, 15) is 14.7 Å². The van der Waals surface area contributed by atoms with E-state index in [2.05, 4.69) is 0 Å². The van der Waals surface area contributed by atoms with E-state index in [1.54, 1.807) is 0 Å². The summed E-state index contributed by atoms with van der Waals surface area (Å²) < 4.78 is 0. The summed E-state index contributed by atoms with van der Waals surface area (Å²) in [6.07, 6.45) is 6.92. The van der Waals surface area contributed by atoms with Crippen molar-refractivity contribution in [2.45, 2.75) is 64.0 Å². The molecule has 1 aliphatic heterocycles. The van der Waals surface area contributed by atoms with Crippen LogP contribution < -0.4 is 0 Å². The molecule has 0 unspecified atom stereocenters. The van der Waals surface area contributed by atoms with E-state index in [0.29, 0.717) is 17.8 Å². The summed E-state index contributed by atoms with van der Waals surface area (Å²) in [5.74, 6) is 1.18. The predicted molar refractivity (Wildman–Crippen MR) is 102 cm³/mol. The van der Waals surface area contributed by atoms with Crippen molar-refractivity contribution < 1.29 is 14.7 Å². The number of carbonyl (C=O) groups is 2. The third-order valence-electron chi connectivity index (χ3n) is 7.50. The summed E-state index contributed by atoms with van der Waals surface area (Å²) >= 11 is 0. The van der Waals surface area contributed by atoms with Crippen molar-refractivity contribution in [1.29, 1.82) is 0 Å². The van der Waals surface area contributed by atoms with Crippen LogP contribution in [-0.4, -0.2) is 27.2 Å². The maximum Gasteiger partial charge on any atom is 0.290 e. The van der Waals surface area contributed by atoms with Crippen LogP contribution in [0, 0.1) is 24.7 Å². The second-order valence-corrected chi connectivity index (χ2v) is 9.45. The molecule has 1 N–H and O–H groups in total. The molecule has 4 aliphatic carbocycles. The predicted octanol–water partition coefficient (Wildman–Crippen LogP) is 4.25. The number of hydrogen-bond acceptors (Lipinski definition) is 3. The summed E-state index contributed by atoms with van der Waals surface area (Å²) in [4.78, 5) is 27.6. The van der Waals surface area contributed by atoms with Gasteiger partial charge in [-0.1, -0.05) is 29.8 Å². The molecular formula is C23H27NO3. The van der Waals surface area contributed by atoms with E-state index in [0.717, 1.165) is 30.4 Å². The fraction of sp³-hybridized carbons (Fsp3) is 0.565. The second kappa shape index (κ2) is 5.70. The van der Waals surface area contributed by atoms with Crippen molar-refractivity contribution in [3.8, 4) is 0 Å². The Balaban J connectivity index is 1.63. The molecule has 5 aliphatic rings. The minimum atomic E-state index is -0.452. The highest BCUT2D eigenvalue weighted by Gasteiger charge is 2.59. The van der Waals surface area contributed by atoms with Crippen LogP contribution in [0.2, 0.25) is 0 Å². The summed E-state index contributed by atoms with van der Waals surface area (Å²) in [7, 11) is 0. The summed E-state index contributed by atoms with van der Waals surface area (Å²) in [6, 6.07) is 7.59. The first-order chi connectivity index (χ1) is 12.9. The van der Waals surface area contributed by atoms with Gasteiger partial charge in [0.2, 0.25) is 0 Å². The van der Waals surface area contributed by atoms with Crippen molar-refractivity contribution in [2.75, 3.05) is 0 Å². The number of hydrogen-bond donors (Lipinski definition) is 1. The highest BCUT2D eigenvalue weighted by atomic mass is 16.3. The van der Waals surface area contributed by atoms with E-state index >= 15 is 0 Å². The van der Waals surface area contributed by atoms with Crippen molar-refractivity contribution >= 4 is 11.7 Å². The second-order valence-electron chi connectivity index (χ2n) is 9.45. The van der Waals surface area contributed by atoms with E-state index in [1.807, 2.05) is 36.1 Å². The van der Waals surface area contributed by atoms with Crippen molar-refractivity contribution in [1.82, 2.24) is 4.90 Å². The Morgan fingerprint density at radius 2 is 1.56 bits per heavy atom. The summed E-state index contributed by atoms with van der Waals surface area (Å²) in [6.45, 7) is 3.49. The van der Waals surface area contributed by atoms with Crippen LogP contribution in [0.3, 0.4) is 0 Å². The number of benzene rings is 1. The number of Topliss-reactive ketones (excluding diaryl/α,β-unsaturated/α-hetero) is 1. The highest BCUT2D eigenvalue weighted by molar-refractivity contribution is 6.08. The van der Waals surface area contributed by atoms with Crippen molar-refractivity contribution in [3.63, 3.8) is 0 Å². The number of ketones is 1. The lowest BCUT2D eigenvalue weighted by molar-refractivity contribution is -0.150. The van der Waals surface area contributed by atoms with Crippen LogP contribution in [0.5, 0.6) is 0 Å². The molecule has 0 saturated heterocycles. The van der Waals surface area contributed by atoms with Gasteiger partial charge in [0.05, 0.1) is 11.6 Å². The molecule has 0 aromatic heterocycles. The zero-order chi connectivity index (χ0) is 18.9. The van der Waals surface area contributed by atoms with Crippen molar-refractivity contribution in [2.24, 2.45) is 17.8 Å². The van der Waals surface area contributed by atoms with Gasteiger partial charge in [0, 0.05) is 5.54 Å². The average molecular weight is 365 g/mol. The van der Waals surface area contributed by atoms with Crippen LogP contribution in [-0.2, 0) is 9.59 Å². The first-order valence-electron chi connectivity index (χ1n) is 10.2. The molecular weight excluding hydrogens is 338 g/mol. The van der Waals surface area contributed by atoms with Gasteiger partial charge in [-0.15, -0.1) is 0 Å². The van der Waals surface area contributed by atoms with E-state index in [-0.39, 0.29) is 28.6 Å². The molecule has 1 amide bonds. The Morgan fingerprint density at radius 1 is 1.04 bits per heavy atom. The number of aliphatic hydroxyl groups excluding tert-OH is 1. The molecule has 4 saturated carbocycles. The minimum Gasteiger partial charge on any atom is -0.503 e. The molecule has 1 heterocycles. The van der Waals surface area contributed by atoms with Gasteiger partial charge in [-0.25, -0.2) is 0 Å². The zero-order valence-electron chi connectivity index (χ0n) is 16.1. The Labute approximate surface area is 160 Å². The molecule has 0 spiro atoms. The van der Waals surface area contributed by atoms with Crippen LogP contribution in [0.1, 0.15) is 62.6 Å². The lowest BCUT2D eigenvalue weighted by Crippen LogP contribution is -2.61. The third-order valence-corrected chi connectivity index (χ3v) is 7.50. The normalized spacial score (nSPS) is 37.4. The molecule has 4 bridgehead atoms. The summed E-state index contributed by atoms with van der Waals surface area (Å²) in [5.41, 5.74) is 2.15. The molecule has 1 atom stereocenters. The fourth-order valence-electron chi connectivity index (χ4n) is 6.88. The van der Waals surface area contributed by atoms with Gasteiger partial charge in [-0.2, -0.15) is 0 Å². The van der Waals surface area contributed by atoms with Crippen LogP contribution in [0.25, 0.3) is 0 Å². The Kier molecular flexibility index (Phi) is 3.59. The Hall–Kier alpha value is -2.10. The minimum absolute atomic E-state index is 0.202. The number of aryl methyl sites for hydroxylation is 1. The first kappa shape index (κ1) is 17.0. The quantitative estimate of drug-likeness (QED) is 0.871. The molecule has 4 nitrogen and oxygen atoms in total. The molecule has 1 aromatic carbocycles. The van der Waals surface area contributed by atoms with Gasteiger partial charge < -0.3 is 10.0 Å². The van der Waals surface area contributed by atoms with E-state index in [1.165, 1.54) is 26.2 Å². The number of rotatable bonds is 3. The van der Waals surface area contributed by atoms with Crippen LogP contribution in [0.15, 0.2) is 35.6 Å².